The first-order valence-corrected chi connectivity index (χ1v) is 3.77. The molecule has 0 radical (unpaired) electrons. The highest BCUT2D eigenvalue weighted by Crippen LogP contribution is 2.05. The van der Waals surface area contributed by atoms with Crippen molar-refractivity contribution in [2.75, 3.05) is 0 Å². The summed E-state index contributed by atoms with van der Waals surface area (Å²) in [5.74, 6) is 0. The molecule has 0 spiro atoms. The Morgan fingerprint density at radius 1 is 1.55 bits per heavy atom. The fourth-order valence-corrected chi connectivity index (χ4v) is 1.09. The zero-order valence-electron chi connectivity index (χ0n) is 6.91. The molecule has 1 aromatic heterocycles. The fourth-order valence-electron chi connectivity index (χ4n) is 1.09. The van der Waals surface area contributed by atoms with Crippen LogP contribution in [0.15, 0.2) is 0 Å². The Morgan fingerprint density at radius 2 is 2.27 bits per heavy atom. The smallest absolute Gasteiger partial charge is 0.111 e. The minimum absolute atomic E-state index is 0.0107. The van der Waals surface area contributed by atoms with Gasteiger partial charge in [0.1, 0.15) is 5.69 Å². The molecule has 0 bridgehead atoms. The summed E-state index contributed by atoms with van der Waals surface area (Å²) >= 11 is 0. The van der Waals surface area contributed by atoms with Gasteiger partial charge in [0.25, 0.3) is 0 Å². The first kappa shape index (κ1) is 8.20. The van der Waals surface area contributed by atoms with E-state index < -0.39 is 0 Å². The molecule has 0 fully saturated rings. The van der Waals surface area contributed by atoms with Crippen LogP contribution in [0.25, 0.3) is 0 Å². The highest BCUT2D eigenvalue weighted by Gasteiger charge is 2.06. The molecular formula is C7H13N3O. The number of rotatable bonds is 3. The minimum atomic E-state index is -0.0107. The van der Waals surface area contributed by atoms with Gasteiger partial charge >= 0.3 is 0 Å². The van der Waals surface area contributed by atoms with Crippen molar-refractivity contribution in [2.45, 2.75) is 26.4 Å². The summed E-state index contributed by atoms with van der Waals surface area (Å²) in [4.78, 5) is 0. The van der Waals surface area contributed by atoms with E-state index in [0.717, 1.165) is 18.5 Å². The van der Waals surface area contributed by atoms with Crippen molar-refractivity contribution in [1.29, 1.82) is 0 Å². The highest BCUT2D eigenvalue weighted by molar-refractivity contribution is 5.08. The van der Waals surface area contributed by atoms with Crippen LogP contribution in [0.2, 0.25) is 0 Å². The second-order valence-corrected chi connectivity index (χ2v) is 2.51. The second-order valence-electron chi connectivity index (χ2n) is 2.51. The monoisotopic (exact) mass is 155 g/mol. The van der Waals surface area contributed by atoms with Crippen molar-refractivity contribution in [3.05, 3.63) is 11.4 Å². The Balaban J connectivity index is 2.88. The quantitative estimate of drug-likeness (QED) is 0.681. The van der Waals surface area contributed by atoms with Gasteiger partial charge in [-0.2, -0.15) is 0 Å². The van der Waals surface area contributed by atoms with Crippen LogP contribution >= 0.6 is 0 Å². The van der Waals surface area contributed by atoms with Crippen LogP contribution in [0.5, 0.6) is 0 Å². The van der Waals surface area contributed by atoms with E-state index in [1.807, 2.05) is 7.05 Å². The molecule has 11 heavy (non-hydrogen) atoms. The zero-order chi connectivity index (χ0) is 8.27. The molecular weight excluding hydrogens is 142 g/mol. The van der Waals surface area contributed by atoms with Crippen LogP contribution in [-0.2, 0) is 20.1 Å². The lowest BCUT2D eigenvalue weighted by molar-refractivity contribution is 0.275. The van der Waals surface area contributed by atoms with Crippen molar-refractivity contribution < 1.29 is 5.11 Å². The summed E-state index contributed by atoms with van der Waals surface area (Å²) in [6.45, 7) is 2.08. The van der Waals surface area contributed by atoms with Crippen molar-refractivity contribution in [3.63, 3.8) is 0 Å². The Kier molecular flexibility index (Phi) is 2.59. The Morgan fingerprint density at radius 3 is 2.82 bits per heavy atom. The molecule has 0 aliphatic rings. The molecule has 1 N–H and O–H groups in total. The second kappa shape index (κ2) is 3.48. The van der Waals surface area contributed by atoms with Crippen molar-refractivity contribution in [2.24, 2.45) is 7.05 Å². The van der Waals surface area contributed by atoms with Crippen LogP contribution < -0.4 is 0 Å². The molecule has 0 atom stereocenters. The van der Waals surface area contributed by atoms with Gasteiger partial charge in [0.15, 0.2) is 0 Å². The molecule has 0 unspecified atom stereocenters. The third-order valence-corrected chi connectivity index (χ3v) is 1.66. The molecule has 1 heterocycles. The maximum Gasteiger partial charge on any atom is 0.111 e. The average Bonchev–Trinajstić information content (AvgIpc) is 2.34. The van der Waals surface area contributed by atoms with Gasteiger partial charge in [0.05, 0.1) is 12.3 Å². The minimum Gasteiger partial charge on any atom is -0.390 e. The molecule has 0 amide bonds. The molecule has 0 saturated heterocycles. The lowest BCUT2D eigenvalue weighted by Gasteiger charge is -1.98. The summed E-state index contributed by atoms with van der Waals surface area (Å²) in [5, 5.41) is 16.5. The Bertz CT molecular complexity index is 232. The van der Waals surface area contributed by atoms with E-state index in [4.69, 9.17) is 5.11 Å². The van der Waals surface area contributed by atoms with E-state index >= 15 is 0 Å². The average molecular weight is 155 g/mol. The largest absolute Gasteiger partial charge is 0.390 e. The van der Waals surface area contributed by atoms with Gasteiger partial charge in [0.2, 0.25) is 0 Å². The molecule has 0 saturated carbocycles. The van der Waals surface area contributed by atoms with Crippen LogP contribution in [0.4, 0.5) is 0 Å². The number of aliphatic hydroxyl groups excluding tert-OH is 1. The van der Waals surface area contributed by atoms with Crippen LogP contribution in [-0.4, -0.2) is 20.1 Å². The van der Waals surface area contributed by atoms with Crippen molar-refractivity contribution in [1.82, 2.24) is 15.0 Å². The van der Waals surface area contributed by atoms with Crippen LogP contribution in [0, 0.1) is 0 Å². The van der Waals surface area contributed by atoms with E-state index in [-0.39, 0.29) is 6.61 Å². The predicted molar refractivity (Wildman–Crippen MR) is 40.9 cm³/mol. The SMILES string of the molecule is CCCc1c(CO)nnn1C. The summed E-state index contributed by atoms with van der Waals surface area (Å²) < 4.78 is 1.72. The normalized spacial score (nSPS) is 10.5. The fraction of sp³-hybridized carbons (Fsp3) is 0.714. The van der Waals surface area contributed by atoms with Gasteiger partial charge in [-0.25, -0.2) is 0 Å². The van der Waals surface area contributed by atoms with Crippen molar-refractivity contribution >= 4 is 0 Å². The summed E-state index contributed by atoms with van der Waals surface area (Å²) in [7, 11) is 1.84. The van der Waals surface area contributed by atoms with Gasteiger partial charge in [-0.05, 0) is 6.42 Å². The molecule has 4 heteroatoms. The maximum atomic E-state index is 8.84. The lowest BCUT2D eigenvalue weighted by Crippen LogP contribution is -1.99. The molecule has 0 aliphatic heterocycles. The summed E-state index contributed by atoms with van der Waals surface area (Å²) in [5.41, 5.74) is 1.74. The number of hydrogen-bond acceptors (Lipinski definition) is 3. The summed E-state index contributed by atoms with van der Waals surface area (Å²) in [6, 6.07) is 0. The Hall–Kier alpha value is -0.900. The molecule has 62 valence electrons. The summed E-state index contributed by atoms with van der Waals surface area (Å²) in [6.07, 6.45) is 1.98. The van der Waals surface area contributed by atoms with E-state index in [1.54, 1.807) is 4.68 Å². The third kappa shape index (κ3) is 1.57. The standard InChI is InChI=1S/C7H13N3O/c1-3-4-7-6(5-11)8-9-10(7)2/h11H,3-5H2,1-2H3. The number of aryl methyl sites for hydroxylation is 1. The van der Waals surface area contributed by atoms with E-state index in [0.29, 0.717) is 5.69 Å². The zero-order valence-corrected chi connectivity index (χ0v) is 6.91. The number of hydrogen-bond donors (Lipinski definition) is 1. The molecule has 0 aliphatic carbocycles. The van der Waals surface area contributed by atoms with Gasteiger partial charge in [0, 0.05) is 7.05 Å². The van der Waals surface area contributed by atoms with Crippen molar-refractivity contribution in [3.8, 4) is 0 Å². The van der Waals surface area contributed by atoms with Crippen LogP contribution in [0.1, 0.15) is 24.7 Å². The van der Waals surface area contributed by atoms with E-state index in [1.165, 1.54) is 0 Å². The van der Waals surface area contributed by atoms with Gasteiger partial charge < -0.3 is 5.11 Å². The number of aliphatic hydroxyl groups is 1. The van der Waals surface area contributed by atoms with Crippen LogP contribution in [0.3, 0.4) is 0 Å². The predicted octanol–water partition coefficient (Wildman–Crippen LogP) is 0.260. The van der Waals surface area contributed by atoms with Gasteiger partial charge in [-0.3, -0.25) is 4.68 Å². The highest BCUT2D eigenvalue weighted by atomic mass is 16.3. The first-order chi connectivity index (χ1) is 5.29. The lowest BCUT2D eigenvalue weighted by atomic mass is 10.2. The molecule has 1 aromatic rings. The maximum absolute atomic E-state index is 8.84. The Labute approximate surface area is 65.8 Å². The molecule has 4 nitrogen and oxygen atoms in total. The van der Waals surface area contributed by atoms with Gasteiger partial charge in [-0.15, -0.1) is 5.10 Å². The third-order valence-electron chi connectivity index (χ3n) is 1.66. The molecule has 1 rings (SSSR count). The first-order valence-electron chi connectivity index (χ1n) is 3.77. The number of aromatic nitrogens is 3. The topological polar surface area (TPSA) is 50.9 Å². The number of nitrogens with zero attached hydrogens (tertiary/aromatic N) is 3. The van der Waals surface area contributed by atoms with E-state index in [9.17, 15) is 0 Å². The van der Waals surface area contributed by atoms with E-state index in [2.05, 4.69) is 17.2 Å². The van der Waals surface area contributed by atoms with Gasteiger partial charge in [-0.1, -0.05) is 18.6 Å². The molecule has 0 aromatic carbocycles.